The molecule has 2 fully saturated rings. The number of carbonyl (C=O) groups is 1. The predicted molar refractivity (Wildman–Crippen MR) is 131 cm³/mol. The zero-order valence-corrected chi connectivity index (χ0v) is 20.8. The molecule has 12 heteroatoms. The van der Waals surface area contributed by atoms with Gasteiger partial charge in [0.05, 0.1) is 22.0 Å². The molecule has 1 saturated carbocycles. The molecule has 6 rings (SSSR count). The van der Waals surface area contributed by atoms with Crippen LogP contribution in [0.2, 0.25) is 5.15 Å². The lowest BCUT2D eigenvalue weighted by Crippen LogP contribution is -2.41. The summed E-state index contributed by atoms with van der Waals surface area (Å²) in [5.74, 6) is 1.16. The number of rotatable bonds is 6. The molecular weight excluding hydrogens is 514 g/mol. The highest BCUT2D eigenvalue weighted by atomic mass is 35.5. The van der Waals surface area contributed by atoms with Gasteiger partial charge in [-0.1, -0.05) is 11.6 Å². The lowest BCUT2D eigenvalue weighted by atomic mass is 9.96. The Labute approximate surface area is 213 Å². The highest BCUT2D eigenvalue weighted by molar-refractivity contribution is 7.15. The molecule has 0 N–H and O–H groups in total. The van der Waals surface area contributed by atoms with E-state index in [1.165, 1.54) is 12.1 Å². The minimum atomic E-state index is -2.56. The lowest BCUT2D eigenvalue weighted by Gasteiger charge is -2.33. The van der Waals surface area contributed by atoms with E-state index in [0.717, 1.165) is 40.7 Å². The van der Waals surface area contributed by atoms with Crippen LogP contribution in [0.15, 0.2) is 42.0 Å². The summed E-state index contributed by atoms with van der Waals surface area (Å²) < 4.78 is 28.0. The number of nitrogens with zero attached hydrogens (tertiary/aromatic N) is 6. The minimum absolute atomic E-state index is 0.0712. The van der Waals surface area contributed by atoms with Crippen LogP contribution in [0.4, 0.5) is 14.6 Å². The number of halogens is 3. The second kappa shape index (κ2) is 9.11. The maximum atomic E-state index is 13.1. The number of alkyl halides is 2. The standard InChI is InChI=1S/C23H21ClF2N6OS2/c24-19-5-6-20(29-28-19)32(11-14-10-30-7-8-34-23(30)27-14)16-2-1-13-9-31(12-15(13)16)22(33)18-4-3-17(35-18)21(25)26/h3-8,10,13,15-16,21H,1-2,9,11-12H2/t13-,15+,16+/m1/s1. The summed E-state index contributed by atoms with van der Waals surface area (Å²) in [4.78, 5) is 23.1. The molecule has 0 spiro atoms. The number of imidazole rings is 1. The van der Waals surface area contributed by atoms with E-state index in [9.17, 15) is 13.6 Å². The van der Waals surface area contributed by atoms with Crippen molar-refractivity contribution in [3.05, 3.63) is 62.6 Å². The summed E-state index contributed by atoms with van der Waals surface area (Å²) >= 11 is 8.47. The normalized spacial score (nSPS) is 21.8. The Morgan fingerprint density at radius 1 is 1.20 bits per heavy atom. The zero-order chi connectivity index (χ0) is 24.1. The maximum absolute atomic E-state index is 13.1. The molecule has 0 radical (unpaired) electrons. The third kappa shape index (κ3) is 4.30. The fourth-order valence-corrected chi connectivity index (χ4v) is 7.04. The number of likely N-dealkylation sites (tertiary alicyclic amines) is 1. The molecular formula is C23H21ClF2N6OS2. The Balaban J connectivity index is 1.25. The first kappa shape index (κ1) is 22.8. The highest BCUT2D eigenvalue weighted by Gasteiger charge is 2.47. The van der Waals surface area contributed by atoms with E-state index in [1.807, 2.05) is 33.1 Å². The summed E-state index contributed by atoms with van der Waals surface area (Å²) in [5, 5.41) is 10.7. The second-order valence-corrected chi connectivity index (χ2v) is 11.3. The summed E-state index contributed by atoms with van der Waals surface area (Å²) in [5.41, 5.74) is 0.932. The number of carbonyl (C=O) groups excluding carboxylic acids is 1. The van der Waals surface area contributed by atoms with E-state index in [2.05, 4.69) is 15.1 Å². The molecule has 1 aliphatic carbocycles. The van der Waals surface area contributed by atoms with E-state index >= 15 is 0 Å². The van der Waals surface area contributed by atoms with Gasteiger partial charge in [0.15, 0.2) is 15.9 Å². The largest absolute Gasteiger partial charge is 0.346 e. The lowest BCUT2D eigenvalue weighted by molar-refractivity contribution is 0.0784. The molecule has 35 heavy (non-hydrogen) atoms. The summed E-state index contributed by atoms with van der Waals surface area (Å²) in [7, 11) is 0. The van der Waals surface area contributed by atoms with Crippen LogP contribution < -0.4 is 4.90 Å². The Morgan fingerprint density at radius 3 is 2.83 bits per heavy atom. The predicted octanol–water partition coefficient (Wildman–Crippen LogP) is 5.40. The number of hydrogen-bond donors (Lipinski definition) is 0. The van der Waals surface area contributed by atoms with E-state index < -0.39 is 6.43 Å². The number of anilines is 1. The molecule has 7 nitrogen and oxygen atoms in total. The van der Waals surface area contributed by atoms with Gasteiger partial charge in [0.1, 0.15) is 0 Å². The Bertz CT molecular complexity index is 1330. The van der Waals surface area contributed by atoms with Crippen molar-refractivity contribution in [3.63, 3.8) is 0 Å². The van der Waals surface area contributed by atoms with Gasteiger partial charge in [-0.15, -0.1) is 32.9 Å². The van der Waals surface area contributed by atoms with Gasteiger partial charge in [-0.05, 0) is 43.0 Å². The molecule has 4 aromatic heterocycles. The van der Waals surface area contributed by atoms with Crippen molar-refractivity contribution >= 4 is 51.0 Å². The van der Waals surface area contributed by atoms with Crippen molar-refractivity contribution in [1.82, 2.24) is 24.5 Å². The van der Waals surface area contributed by atoms with E-state index in [1.54, 1.807) is 17.4 Å². The molecule has 182 valence electrons. The van der Waals surface area contributed by atoms with Crippen molar-refractivity contribution in [1.29, 1.82) is 0 Å². The van der Waals surface area contributed by atoms with Crippen molar-refractivity contribution in [2.45, 2.75) is 31.9 Å². The number of aromatic nitrogens is 4. The fraction of sp³-hybridized carbons (Fsp3) is 0.391. The van der Waals surface area contributed by atoms with Crippen LogP contribution in [0.5, 0.6) is 0 Å². The van der Waals surface area contributed by atoms with Crippen LogP contribution in [-0.4, -0.2) is 49.5 Å². The topological polar surface area (TPSA) is 66.6 Å². The fourth-order valence-electron chi connectivity index (χ4n) is 5.39. The van der Waals surface area contributed by atoms with Crippen LogP contribution >= 0.6 is 34.3 Å². The number of hydrogen-bond acceptors (Lipinski definition) is 7. The van der Waals surface area contributed by atoms with Gasteiger partial charge in [0.2, 0.25) is 0 Å². The molecule has 1 aliphatic heterocycles. The van der Waals surface area contributed by atoms with Gasteiger partial charge in [-0.3, -0.25) is 9.20 Å². The smallest absolute Gasteiger partial charge is 0.272 e. The quantitative estimate of drug-likeness (QED) is 0.331. The third-order valence-corrected chi connectivity index (χ3v) is 9.00. The zero-order valence-electron chi connectivity index (χ0n) is 18.4. The second-order valence-electron chi connectivity index (χ2n) is 8.95. The number of thiazole rings is 1. The Kier molecular flexibility index (Phi) is 5.93. The first-order valence-corrected chi connectivity index (χ1v) is 13.4. The van der Waals surface area contributed by atoms with E-state index in [0.29, 0.717) is 35.6 Å². The van der Waals surface area contributed by atoms with Gasteiger partial charge in [0.25, 0.3) is 12.3 Å². The van der Waals surface area contributed by atoms with Gasteiger partial charge in [0, 0.05) is 42.8 Å². The first-order valence-electron chi connectivity index (χ1n) is 11.3. The highest BCUT2D eigenvalue weighted by Crippen LogP contribution is 2.43. The third-order valence-electron chi connectivity index (χ3n) is 6.95. The Morgan fingerprint density at radius 2 is 2.09 bits per heavy atom. The van der Waals surface area contributed by atoms with Crippen molar-refractivity contribution in [3.8, 4) is 0 Å². The van der Waals surface area contributed by atoms with Crippen LogP contribution in [0.3, 0.4) is 0 Å². The molecule has 5 heterocycles. The molecule has 0 unspecified atom stereocenters. The minimum Gasteiger partial charge on any atom is -0.346 e. The summed E-state index contributed by atoms with van der Waals surface area (Å²) in [6.45, 7) is 1.79. The number of thiophene rings is 1. The monoisotopic (exact) mass is 534 g/mol. The molecule has 0 bridgehead atoms. The SMILES string of the molecule is O=C(c1ccc(C(F)F)s1)N1C[C@H]2CC[C@H](N(Cc3cn4ccsc4n3)c3ccc(Cl)nn3)[C@H]2C1. The first-order chi connectivity index (χ1) is 17.0. The van der Waals surface area contributed by atoms with Crippen LogP contribution in [0, 0.1) is 11.8 Å². The number of fused-ring (bicyclic) bond motifs is 2. The molecule has 3 atom stereocenters. The van der Waals surface area contributed by atoms with Crippen LogP contribution in [-0.2, 0) is 6.54 Å². The van der Waals surface area contributed by atoms with Crippen LogP contribution in [0.25, 0.3) is 4.96 Å². The summed E-state index contributed by atoms with van der Waals surface area (Å²) in [6.07, 6.45) is 3.41. The molecule has 1 amide bonds. The van der Waals surface area contributed by atoms with Gasteiger partial charge >= 0.3 is 0 Å². The average Bonchev–Trinajstić information content (AvgIpc) is 3.64. The summed E-state index contributed by atoms with van der Waals surface area (Å²) in [6, 6.07) is 6.61. The van der Waals surface area contributed by atoms with E-state index in [4.69, 9.17) is 16.6 Å². The van der Waals surface area contributed by atoms with Gasteiger partial charge in [-0.2, -0.15) is 0 Å². The van der Waals surface area contributed by atoms with Crippen molar-refractivity contribution in [2.24, 2.45) is 11.8 Å². The van der Waals surface area contributed by atoms with Gasteiger partial charge in [-0.25, -0.2) is 13.8 Å². The molecule has 0 aromatic carbocycles. The Hall–Kier alpha value is -2.63. The molecule has 4 aromatic rings. The average molecular weight is 535 g/mol. The van der Waals surface area contributed by atoms with Gasteiger partial charge < -0.3 is 9.80 Å². The van der Waals surface area contributed by atoms with Crippen molar-refractivity contribution < 1.29 is 13.6 Å². The van der Waals surface area contributed by atoms with Crippen molar-refractivity contribution in [2.75, 3.05) is 18.0 Å². The maximum Gasteiger partial charge on any atom is 0.272 e. The van der Waals surface area contributed by atoms with Crippen LogP contribution in [0.1, 0.15) is 39.5 Å². The number of amides is 1. The molecule has 1 saturated heterocycles. The van der Waals surface area contributed by atoms with E-state index in [-0.39, 0.29) is 22.7 Å². The molecule has 2 aliphatic rings.